The Morgan fingerprint density at radius 2 is 2.00 bits per heavy atom. The van der Waals surface area contributed by atoms with E-state index in [1.54, 1.807) is 0 Å². The van der Waals surface area contributed by atoms with Crippen molar-refractivity contribution in [2.45, 2.75) is 70.8 Å². The molecule has 0 aromatic rings. The summed E-state index contributed by atoms with van der Waals surface area (Å²) in [5.41, 5.74) is 0. The van der Waals surface area contributed by atoms with Crippen LogP contribution in [0, 0.1) is 5.92 Å². The van der Waals surface area contributed by atoms with Crippen LogP contribution in [0.4, 0.5) is 0 Å². The number of nitrogens with one attached hydrogen (secondary N) is 1. The second-order valence-electron chi connectivity index (χ2n) is 5.35. The van der Waals surface area contributed by atoms with Crippen LogP contribution < -0.4 is 5.32 Å². The molecule has 1 saturated carbocycles. The van der Waals surface area contributed by atoms with Gasteiger partial charge in [-0.3, -0.25) is 4.79 Å². The van der Waals surface area contributed by atoms with Crippen LogP contribution >= 0.6 is 11.6 Å². The second-order valence-corrected chi connectivity index (χ2v) is 5.73. The minimum Gasteiger partial charge on any atom is -0.354 e. The van der Waals surface area contributed by atoms with E-state index in [-0.39, 0.29) is 5.91 Å². The van der Waals surface area contributed by atoms with Crippen molar-refractivity contribution in [3.63, 3.8) is 0 Å². The van der Waals surface area contributed by atoms with Gasteiger partial charge in [-0.25, -0.2) is 0 Å². The number of amides is 1. The minimum absolute atomic E-state index is 0.193. The summed E-state index contributed by atoms with van der Waals surface area (Å²) in [5, 5.41) is 3.10. The lowest BCUT2D eigenvalue weighted by Gasteiger charge is -2.25. The van der Waals surface area contributed by atoms with Crippen LogP contribution in [-0.2, 0) is 4.79 Å². The standard InChI is InChI=1S/C14H26ClNO/c1-12(11-13-7-3-2-4-8-13)16-14(17)9-5-6-10-15/h12-13H,2-11H2,1H3,(H,16,17)/t12-/m0/s1. The molecule has 0 spiro atoms. The van der Waals surface area contributed by atoms with Crippen molar-refractivity contribution in [3.05, 3.63) is 0 Å². The molecule has 100 valence electrons. The third-order valence-electron chi connectivity index (χ3n) is 3.61. The summed E-state index contributed by atoms with van der Waals surface area (Å²) in [6.45, 7) is 2.13. The van der Waals surface area contributed by atoms with Crippen LogP contribution in [0.5, 0.6) is 0 Å². The molecule has 1 fully saturated rings. The first-order chi connectivity index (χ1) is 8.22. The molecule has 3 heteroatoms. The molecule has 1 N–H and O–H groups in total. The molecule has 1 atom stereocenters. The maximum absolute atomic E-state index is 11.6. The van der Waals surface area contributed by atoms with Crippen molar-refractivity contribution in [1.29, 1.82) is 0 Å². The molecular weight excluding hydrogens is 234 g/mol. The van der Waals surface area contributed by atoms with Crippen molar-refractivity contribution in [3.8, 4) is 0 Å². The molecule has 0 aliphatic heterocycles. The van der Waals surface area contributed by atoms with Crippen molar-refractivity contribution in [2.24, 2.45) is 5.92 Å². The fourth-order valence-corrected chi connectivity index (χ4v) is 2.90. The van der Waals surface area contributed by atoms with Gasteiger partial charge in [0.05, 0.1) is 0 Å². The molecule has 0 aromatic carbocycles. The van der Waals surface area contributed by atoms with Crippen molar-refractivity contribution >= 4 is 17.5 Å². The summed E-state index contributed by atoms with van der Waals surface area (Å²) >= 11 is 5.59. The number of hydrogen-bond donors (Lipinski definition) is 1. The van der Waals surface area contributed by atoms with Gasteiger partial charge in [0.25, 0.3) is 0 Å². The van der Waals surface area contributed by atoms with E-state index in [4.69, 9.17) is 11.6 Å². The molecule has 0 saturated heterocycles. The van der Waals surface area contributed by atoms with Gasteiger partial charge < -0.3 is 5.32 Å². The summed E-state index contributed by atoms with van der Waals surface area (Å²) in [4.78, 5) is 11.6. The zero-order valence-corrected chi connectivity index (χ0v) is 11.8. The Hall–Kier alpha value is -0.240. The van der Waals surface area contributed by atoms with Gasteiger partial charge >= 0.3 is 0 Å². The third-order valence-corrected chi connectivity index (χ3v) is 3.87. The third kappa shape index (κ3) is 6.92. The fraction of sp³-hybridized carbons (Fsp3) is 0.929. The number of rotatable bonds is 7. The monoisotopic (exact) mass is 259 g/mol. The highest BCUT2D eigenvalue weighted by molar-refractivity contribution is 6.17. The van der Waals surface area contributed by atoms with Crippen molar-refractivity contribution in [2.75, 3.05) is 5.88 Å². The maximum Gasteiger partial charge on any atom is 0.220 e. The van der Waals surface area contributed by atoms with Crippen molar-refractivity contribution in [1.82, 2.24) is 5.32 Å². The summed E-state index contributed by atoms with van der Waals surface area (Å²) in [6.07, 6.45) is 10.5. The molecule has 1 amide bonds. The molecule has 1 aliphatic carbocycles. The Labute approximate surface area is 110 Å². The van der Waals surface area contributed by atoms with E-state index in [0.29, 0.717) is 18.3 Å². The maximum atomic E-state index is 11.6. The molecule has 1 rings (SSSR count). The first kappa shape index (κ1) is 14.8. The minimum atomic E-state index is 0.193. The summed E-state index contributed by atoms with van der Waals surface area (Å²) in [5.74, 6) is 1.69. The van der Waals surface area contributed by atoms with Gasteiger partial charge in [-0.05, 0) is 32.1 Å². The lowest BCUT2D eigenvalue weighted by molar-refractivity contribution is -0.121. The quantitative estimate of drug-likeness (QED) is 0.546. The van der Waals surface area contributed by atoms with Gasteiger partial charge in [-0.15, -0.1) is 11.6 Å². The van der Waals surface area contributed by atoms with E-state index < -0.39 is 0 Å². The normalized spacial score (nSPS) is 18.9. The van der Waals surface area contributed by atoms with Crippen LogP contribution in [0.25, 0.3) is 0 Å². The second kappa shape index (κ2) is 8.79. The molecular formula is C14H26ClNO. The summed E-state index contributed by atoms with van der Waals surface area (Å²) < 4.78 is 0. The first-order valence-corrected chi connectivity index (χ1v) is 7.61. The van der Waals surface area contributed by atoms with Crippen molar-refractivity contribution < 1.29 is 4.79 Å². The Morgan fingerprint density at radius 3 is 2.65 bits per heavy atom. The van der Waals surface area contributed by atoms with E-state index in [0.717, 1.165) is 25.2 Å². The number of hydrogen-bond acceptors (Lipinski definition) is 1. The number of alkyl halides is 1. The molecule has 0 heterocycles. The largest absolute Gasteiger partial charge is 0.354 e. The Bertz CT molecular complexity index is 214. The average Bonchev–Trinajstić information content (AvgIpc) is 2.30. The Balaban J connectivity index is 2.10. The zero-order valence-electron chi connectivity index (χ0n) is 11.0. The van der Waals surface area contributed by atoms with E-state index in [1.165, 1.54) is 32.1 Å². The molecule has 1 aliphatic rings. The highest BCUT2D eigenvalue weighted by atomic mass is 35.5. The van der Waals surface area contributed by atoms with Crippen LogP contribution in [0.1, 0.15) is 64.7 Å². The molecule has 0 aromatic heterocycles. The predicted octanol–water partition coefficient (Wildman–Crippen LogP) is 3.87. The van der Waals surface area contributed by atoms with E-state index in [1.807, 2.05) is 0 Å². The highest BCUT2D eigenvalue weighted by Crippen LogP contribution is 2.27. The summed E-state index contributed by atoms with van der Waals surface area (Å²) in [7, 11) is 0. The van der Waals surface area contributed by atoms with Crippen LogP contribution in [0.3, 0.4) is 0 Å². The zero-order chi connectivity index (χ0) is 12.5. The molecule has 17 heavy (non-hydrogen) atoms. The van der Waals surface area contributed by atoms with E-state index >= 15 is 0 Å². The van der Waals surface area contributed by atoms with Crippen LogP contribution in [0.2, 0.25) is 0 Å². The smallest absolute Gasteiger partial charge is 0.220 e. The summed E-state index contributed by atoms with van der Waals surface area (Å²) in [6, 6.07) is 0.335. The molecule has 0 radical (unpaired) electrons. The highest BCUT2D eigenvalue weighted by Gasteiger charge is 2.17. The first-order valence-electron chi connectivity index (χ1n) is 7.07. The number of halogens is 1. The topological polar surface area (TPSA) is 29.1 Å². The fourth-order valence-electron chi connectivity index (χ4n) is 2.71. The number of unbranched alkanes of at least 4 members (excludes halogenated alkanes) is 1. The lowest BCUT2D eigenvalue weighted by atomic mass is 9.85. The molecule has 2 nitrogen and oxygen atoms in total. The lowest BCUT2D eigenvalue weighted by Crippen LogP contribution is -2.34. The van der Waals surface area contributed by atoms with Gasteiger partial charge in [-0.2, -0.15) is 0 Å². The number of carbonyl (C=O) groups is 1. The average molecular weight is 260 g/mol. The van der Waals surface area contributed by atoms with Gasteiger partial charge in [0.1, 0.15) is 0 Å². The van der Waals surface area contributed by atoms with Crippen LogP contribution in [0.15, 0.2) is 0 Å². The van der Waals surface area contributed by atoms with Gasteiger partial charge in [0.2, 0.25) is 5.91 Å². The Kier molecular flexibility index (Phi) is 7.67. The molecule has 0 unspecified atom stereocenters. The predicted molar refractivity (Wildman–Crippen MR) is 73.4 cm³/mol. The van der Waals surface area contributed by atoms with E-state index in [9.17, 15) is 4.79 Å². The number of carbonyl (C=O) groups excluding carboxylic acids is 1. The van der Waals surface area contributed by atoms with Gasteiger partial charge in [0.15, 0.2) is 0 Å². The molecule has 0 bridgehead atoms. The van der Waals surface area contributed by atoms with Gasteiger partial charge in [-0.1, -0.05) is 32.1 Å². The SMILES string of the molecule is C[C@@H](CC1CCCCC1)NC(=O)CCCCCl. The Morgan fingerprint density at radius 1 is 1.29 bits per heavy atom. The van der Waals surface area contributed by atoms with Gasteiger partial charge in [0, 0.05) is 18.3 Å². The van der Waals surface area contributed by atoms with E-state index in [2.05, 4.69) is 12.2 Å². The van der Waals surface area contributed by atoms with Crippen LogP contribution in [-0.4, -0.2) is 17.8 Å².